The zero-order valence-corrected chi connectivity index (χ0v) is 7.22. The van der Waals surface area contributed by atoms with Gasteiger partial charge in [0.2, 0.25) is 0 Å². The molecule has 0 aliphatic heterocycles. The van der Waals surface area contributed by atoms with Crippen molar-refractivity contribution in [2.75, 3.05) is 0 Å². The van der Waals surface area contributed by atoms with Gasteiger partial charge in [-0.25, -0.2) is 9.78 Å². The van der Waals surface area contributed by atoms with Crippen molar-refractivity contribution in [2.24, 2.45) is 0 Å². The molecule has 0 aliphatic carbocycles. The maximum absolute atomic E-state index is 11.1. The van der Waals surface area contributed by atoms with E-state index in [1.807, 2.05) is 0 Å². The number of H-pyrrole nitrogens is 2. The molecule has 13 heavy (non-hydrogen) atoms. The van der Waals surface area contributed by atoms with Gasteiger partial charge in [0.05, 0.1) is 5.39 Å². The number of nitrogens with one attached hydrogen (secondary N) is 2. The Labute approximate surface area is 78.2 Å². The van der Waals surface area contributed by atoms with Crippen LogP contribution in [0.25, 0.3) is 11.0 Å². The van der Waals surface area contributed by atoms with E-state index in [9.17, 15) is 9.59 Å². The molecule has 68 valence electrons. The van der Waals surface area contributed by atoms with Crippen molar-refractivity contribution >= 4 is 23.4 Å². The Balaban J connectivity index is 0.000000845. The average Bonchev–Trinajstić information content (AvgIpc) is 2.04. The summed E-state index contributed by atoms with van der Waals surface area (Å²) in [6.45, 7) is 0. The van der Waals surface area contributed by atoms with E-state index < -0.39 is 11.2 Å². The minimum absolute atomic E-state index is 0. The molecule has 0 atom stereocenters. The highest BCUT2D eigenvalue weighted by atomic mass is 35.5. The summed E-state index contributed by atoms with van der Waals surface area (Å²) in [7, 11) is 0. The fourth-order valence-electron chi connectivity index (χ4n) is 0.997. The molecule has 0 radical (unpaired) electrons. The van der Waals surface area contributed by atoms with E-state index in [0.29, 0.717) is 11.0 Å². The number of aromatic nitrogens is 3. The highest BCUT2D eigenvalue weighted by Gasteiger charge is 1.97. The minimum atomic E-state index is -0.536. The summed E-state index contributed by atoms with van der Waals surface area (Å²) in [5.41, 5.74) is -0.640. The molecule has 2 aromatic rings. The summed E-state index contributed by atoms with van der Waals surface area (Å²) in [5.74, 6) is 0. The van der Waals surface area contributed by atoms with E-state index >= 15 is 0 Å². The monoisotopic (exact) mass is 199 g/mol. The van der Waals surface area contributed by atoms with Crippen molar-refractivity contribution in [1.29, 1.82) is 0 Å². The molecule has 0 saturated heterocycles. The van der Waals surface area contributed by atoms with Crippen molar-refractivity contribution < 1.29 is 0 Å². The lowest BCUT2D eigenvalue weighted by Crippen LogP contribution is -2.22. The largest absolute Gasteiger partial charge is 0.327 e. The third kappa shape index (κ3) is 1.59. The van der Waals surface area contributed by atoms with Gasteiger partial charge < -0.3 is 0 Å². The Hall–Kier alpha value is -1.62. The molecule has 2 aromatic heterocycles. The van der Waals surface area contributed by atoms with Gasteiger partial charge in [-0.2, -0.15) is 0 Å². The first kappa shape index (κ1) is 9.47. The van der Waals surface area contributed by atoms with Crippen LogP contribution in [0.15, 0.2) is 27.9 Å². The normalized spacial score (nSPS) is 9.54. The summed E-state index contributed by atoms with van der Waals surface area (Å²) in [5, 5.41) is 0.386. The molecule has 0 amide bonds. The molecule has 2 rings (SSSR count). The van der Waals surface area contributed by atoms with Gasteiger partial charge in [0.25, 0.3) is 5.56 Å². The molecule has 2 N–H and O–H groups in total. The van der Waals surface area contributed by atoms with Crippen LogP contribution in [0.2, 0.25) is 0 Å². The average molecular weight is 200 g/mol. The number of rotatable bonds is 0. The molecule has 0 unspecified atom stereocenters. The molecule has 0 aliphatic rings. The lowest BCUT2D eigenvalue weighted by Gasteiger charge is -1.91. The number of hydrogen-bond donors (Lipinski definition) is 2. The quantitative estimate of drug-likeness (QED) is 0.629. The maximum atomic E-state index is 11.1. The van der Waals surface area contributed by atoms with Crippen LogP contribution in [-0.2, 0) is 0 Å². The van der Waals surface area contributed by atoms with Gasteiger partial charge in [-0.1, -0.05) is 0 Å². The summed E-state index contributed by atoms with van der Waals surface area (Å²) < 4.78 is 0. The number of halogens is 1. The minimum Gasteiger partial charge on any atom is -0.291 e. The Morgan fingerprint density at radius 1 is 1.23 bits per heavy atom. The molecule has 0 fully saturated rings. The topological polar surface area (TPSA) is 78.6 Å². The van der Waals surface area contributed by atoms with E-state index in [1.54, 1.807) is 12.1 Å². The third-order valence-electron chi connectivity index (χ3n) is 1.51. The van der Waals surface area contributed by atoms with Crippen LogP contribution in [0.1, 0.15) is 0 Å². The zero-order valence-electron chi connectivity index (χ0n) is 6.40. The van der Waals surface area contributed by atoms with Crippen LogP contribution in [0, 0.1) is 0 Å². The van der Waals surface area contributed by atoms with Crippen LogP contribution in [0.4, 0.5) is 0 Å². The lowest BCUT2D eigenvalue weighted by molar-refractivity contribution is 1.06. The molecule has 2 heterocycles. The first-order valence-corrected chi connectivity index (χ1v) is 3.35. The van der Waals surface area contributed by atoms with Crippen molar-refractivity contribution in [3.63, 3.8) is 0 Å². The van der Waals surface area contributed by atoms with Crippen molar-refractivity contribution in [3.8, 4) is 0 Å². The molecule has 0 bridgehead atoms. The highest BCUT2D eigenvalue weighted by molar-refractivity contribution is 5.85. The smallest absolute Gasteiger partial charge is 0.291 e. The second kappa shape index (κ2) is 3.40. The number of nitrogens with zero attached hydrogens (tertiary/aromatic N) is 1. The Morgan fingerprint density at radius 3 is 2.77 bits per heavy atom. The van der Waals surface area contributed by atoms with Gasteiger partial charge in [0.1, 0.15) is 5.65 Å². The molecular weight excluding hydrogens is 194 g/mol. The number of fused-ring (bicyclic) bond motifs is 1. The van der Waals surface area contributed by atoms with E-state index in [4.69, 9.17) is 0 Å². The van der Waals surface area contributed by atoms with E-state index in [2.05, 4.69) is 15.0 Å². The molecule has 0 aromatic carbocycles. The fraction of sp³-hybridized carbons (Fsp3) is 0. The second-order valence-electron chi connectivity index (χ2n) is 2.31. The van der Waals surface area contributed by atoms with Gasteiger partial charge in [-0.3, -0.25) is 14.8 Å². The van der Waals surface area contributed by atoms with E-state index in [-0.39, 0.29) is 12.4 Å². The molecule has 0 spiro atoms. The predicted molar refractivity (Wildman–Crippen MR) is 50.2 cm³/mol. The van der Waals surface area contributed by atoms with Crippen molar-refractivity contribution in [1.82, 2.24) is 15.0 Å². The first-order valence-electron chi connectivity index (χ1n) is 3.35. The van der Waals surface area contributed by atoms with Gasteiger partial charge in [0, 0.05) is 6.20 Å². The zero-order chi connectivity index (χ0) is 8.55. The fourth-order valence-corrected chi connectivity index (χ4v) is 0.997. The molecule has 0 saturated carbocycles. The van der Waals surface area contributed by atoms with Gasteiger partial charge >= 0.3 is 5.69 Å². The standard InChI is InChI=1S/C7H5N3O2.ClH/c11-6-4-2-1-3-8-5(4)9-7(12)10-6;/h1-3H,(H2,8,9,10,11,12);1H. The lowest BCUT2D eigenvalue weighted by atomic mass is 10.3. The molecule has 6 heteroatoms. The van der Waals surface area contributed by atoms with Crippen LogP contribution >= 0.6 is 12.4 Å². The number of aromatic amines is 2. The predicted octanol–water partition coefficient (Wildman–Crippen LogP) is 0.0332. The summed E-state index contributed by atoms with van der Waals surface area (Å²) in [4.78, 5) is 30.2. The summed E-state index contributed by atoms with van der Waals surface area (Å²) in [6, 6.07) is 3.23. The van der Waals surface area contributed by atoms with Crippen LogP contribution in [-0.4, -0.2) is 15.0 Å². The van der Waals surface area contributed by atoms with Crippen LogP contribution in [0.5, 0.6) is 0 Å². The van der Waals surface area contributed by atoms with Gasteiger partial charge in [-0.15, -0.1) is 12.4 Å². The second-order valence-corrected chi connectivity index (χ2v) is 2.31. The highest BCUT2D eigenvalue weighted by Crippen LogP contribution is 1.96. The van der Waals surface area contributed by atoms with Crippen LogP contribution in [0.3, 0.4) is 0 Å². The van der Waals surface area contributed by atoms with E-state index in [0.717, 1.165) is 0 Å². The first-order chi connectivity index (χ1) is 5.77. The van der Waals surface area contributed by atoms with Crippen molar-refractivity contribution in [3.05, 3.63) is 39.2 Å². The van der Waals surface area contributed by atoms with E-state index in [1.165, 1.54) is 6.20 Å². The molecule has 5 nitrogen and oxygen atoms in total. The summed E-state index contributed by atoms with van der Waals surface area (Å²) in [6.07, 6.45) is 1.51. The molecular formula is C7H6ClN3O2. The summed E-state index contributed by atoms with van der Waals surface area (Å²) >= 11 is 0. The maximum Gasteiger partial charge on any atom is 0.327 e. The SMILES string of the molecule is Cl.O=c1[nH]c(=O)c2cccnc2[nH]1. The van der Waals surface area contributed by atoms with Gasteiger partial charge in [0.15, 0.2) is 0 Å². The number of hydrogen-bond acceptors (Lipinski definition) is 3. The Bertz CT molecular complexity index is 531. The van der Waals surface area contributed by atoms with Gasteiger partial charge in [-0.05, 0) is 12.1 Å². The Kier molecular flexibility index (Phi) is 2.48. The van der Waals surface area contributed by atoms with Crippen molar-refractivity contribution in [2.45, 2.75) is 0 Å². The number of pyridine rings is 1. The Morgan fingerprint density at radius 2 is 2.00 bits per heavy atom. The third-order valence-corrected chi connectivity index (χ3v) is 1.51. The van der Waals surface area contributed by atoms with Crippen LogP contribution < -0.4 is 11.2 Å².